The fourth-order valence-corrected chi connectivity index (χ4v) is 1.07. The van der Waals surface area contributed by atoms with Crippen molar-refractivity contribution < 1.29 is 9.05 Å². The van der Waals surface area contributed by atoms with Crippen molar-refractivity contribution >= 4 is 20.6 Å². The van der Waals surface area contributed by atoms with Crippen LogP contribution in [0, 0.1) is 4.91 Å². The molecule has 10 heavy (non-hydrogen) atoms. The van der Waals surface area contributed by atoms with E-state index < -0.39 is 16.0 Å². The first kappa shape index (κ1) is 8.99. The molecule has 0 bridgehead atoms. The van der Waals surface area contributed by atoms with Crippen molar-refractivity contribution in [3.05, 3.63) is 4.91 Å². The van der Waals surface area contributed by atoms with Crippen molar-refractivity contribution in [2.24, 2.45) is 0 Å². The molecule has 56 valence electrons. The average Bonchev–Trinajstić information content (AvgIpc) is 2.15. The van der Waals surface area contributed by atoms with Gasteiger partial charge in [0, 0.05) is 0 Å². The molecule has 0 radical (unpaired) electrons. The quantitative estimate of drug-likeness (QED) is 0.364. The molecule has 0 spiro atoms. The van der Waals surface area contributed by atoms with E-state index in [1.807, 2.05) is 0 Å². The molecule has 1 heterocycles. The van der Waals surface area contributed by atoms with Gasteiger partial charge >= 0.3 is 55.2 Å². The van der Waals surface area contributed by atoms with Gasteiger partial charge in [0.2, 0.25) is 0 Å². The number of tetrazole rings is 1. The van der Waals surface area contributed by atoms with Crippen LogP contribution >= 0.6 is 0 Å². The number of hydrogen-bond acceptors (Lipinski definition) is 5. The van der Waals surface area contributed by atoms with Crippen molar-refractivity contribution in [3.8, 4) is 0 Å². The van der Waals surface area contributed by atoms with Gasteiger partial charge < -0.3 is 6.15 Å². The maximum absolute atomic E-state index is 9.92. The number of nitrogens with one attached hydrogen (secondary N) is 1. The minimum absolute atomic E-state index is 0. The summed E-state index contributed by atoms with van der Waals surface area (Å²) >= 11 is -1.28. The summed E-state index contributed by atoms with van der Waals surface area (Å²) in [6.07, 6.45) is 0. The van der Waals surface area contributed by atoms with Gasteiger partial charge in [-0.15, -0.1) is 0 Å². The van der Waals surface area contributed by atoms with E-state index in [0.29, 0.717) is 4.61 Å². The Morgan fingerprint density at radius 2 is 2.40 bits per heavy atom. The van der Waals surface area contributed by atoms with Gasteiger partial charge in [-0.1, -0.05) is 0 Å². The van der Waals surface area contributed by atoms with Crippen LogP contribution in [0.2, 0.25) is 0 Å². The summed E-state index contributed by atoms with van der Waals surface area (Å²) in [7, 11) is 0. The molecule has 0 saturated heterocycles. The SMILES string of the molecule is N.O=[N+](O)[AsH]c1nnn[nH]1. The molecule has 5 N–H and O–H groups in total. The van der Waals surface area contributed by atoms with Crippen molar-refractivity contribution in [1.29, 1.82) is 0 Å². The van der Waals surface area contributed by atoms with Gasteiger partial charge in [-0.3, -0.25) is 0 Å². The van der Waals surface area contributed by atoms with Crippen molar-refractivity contribution in [2.75, 3.05) is 0 Å². The summed E-state index contributed by atoms with van der Waals surface area (Å²) in [4.78, 5) is 9.92. The molecule has 0 aliphatic carbocycles. The molecular weight excluding hydrogens is 203 g/mol. The summed E-state index contributed by atoms with van der Waals surface area (Å²) in [5.74, 6) is 0. The molecule has 0 saturated carbocycles. The van der Waals surface area contributed by atoms with Crippen LogP contribution in [0.4, 0.5) is 0 Å². The molecule has 1 atom stereocenters. The fraction of sp³-hybridized carbons (Fsp3) is 0. The third-order valence-electron chi connectivity index (χ3n) is 0.547. The van der Waals surface area contributed by atoms with Crippen LogP contribution in [-0.2, 0) is 0 Å². The Labute approximate surface area is 62.0 Å². The molecule has 1 unspecified atom stereocenters. The van der Waals surface area contributed by atoms with Crippen molar-refractivity contribution in [2.45, 2.75) is 0 Å². The number of H-pyrrole nitrogens is 1. The van der Waals surface area contributed by atoms with E-state index in [-0.39, 0.29) is 9.99 Å². The number of aromatic amines is 1. The zero-order valence-corrected chi connectivity index (χ0v) is 6.95. The molecule has 0 aromatic carbocycles. The van der Waals surface area contributed by atoms with Crippen LogP contribution in [0.5, 0.6) is 0 Å². The Hall–Kier alpha value is -1.01. The van der Waals surface area contributed by atoms with Crippen molar-refractivity contribution in [1.82, 2.24) is 26.8 Å². The molecule has 0 amide bonds. The monoisotopic (exact) mass is 209 g/mol. The molecule has 1 rings (SSSR count). The second kappa shape index (κ2) is 3.91. The second-order valence-corrected chi connectivity index (χ2v) is 3.40. The molecule has 1 aromatic heterocycles. The van der Waals surface area contributed by atoms with E-state index in [9.17, 15) is 4.91 Å². The fourth-order valence-electron chi connectivity index (χ4n) is 0.297. The van der Waals surface area contributed by atoms with Crippen LogP contribution in [0.15, 0.2) is 0 Å². The van der Waals surface area contributed by atoms with Crippen LogP contribution in [0.3, 0.4) is 0 Å². The minimum atomic E-state index is -1.28. The molecule has 0 aliphatic rings. The topological polar surface area (TPSA) is 130 Å². The Morgan fingerprint density at radius 3 is 2.80 bits per heavy atom. The first-order valence-corrected chi connectivity index (χ1v) is 3.94. The molecule has 0 aliphatic heterocycles. The Kier molecular flexibility index (Phi) is 3.51. The van der Waals surface area contributed by atoms with Crippen LogP contribution in [0.1, 0.15) is 0 Å². The van der Waals surface area contributed by atoms with E-state index in [0.717, 1.165) is 0 Å². The molecule has 0 fully saturated rings. The predicted molar refractivity (Wildman–Crippen MR) is 31.4 cm³/mol. The molecule has 8 nitrogen and oxygen atoms in total. The van der Waals surface area contributed by atoms with E-state index in [1.165, 1.54) is 0 Å². The number of aromatic nitrogens is 4. The van der Waals surface area contributed by atoms with Crippen molar-refractivity contribution in [3.63, 3.8) is 0 Å². The Morgan fingerprint density at radius 1 is 1.70 bits per heavy atom. The normalized spacial score (nSPS) is 9.60. The van der Waals surface area contributed by atoms with Crippen LogP contribution in [-0.4, -0.2) is 45.6 Å². The summed E-state index contributed by atoms with van der Waals surface area (Å²) in [5.41, 5.74) is 0. The Bertz CT molecular complexity index is 196. The maximum atomic E-state index is 9.92. The van der Waals surface area contributed by atoms with Gasteiger partial charge in [-0.2, -0.15) is 0 Å². The van der Waals surface area contributed by atoms with Gasteiger partial charge in [0.15, 0.2) is 0 Å². The summed E-state index contributed by atoms with van der Waals surface area (Å²) < 4.78 is 0.217. The number of hydrogen-bond donors (Lipinski definition) is 3. The van der Waals surface area contributed by atoms with Gasteiger partial charge in [-0.05, 0) is 0 Å². The van der Waals surface area contributed by atoms with Gasteiger partial charge in [0.1, 0.15) is 0 Å². The van der Waals surface area contributed by atoms with E-state index in [1.54, 1.807) is 0 Å². The summed E-state index contributed by atoms with van der Waals surface area (Å²) in [6, 6.07) is 0. The second-order valence-electron chi connectivity index (χ2n) is 1.13. The van der Waals surface area contributed by atoms with Gasteiger partial charge in [-0.25, -0.2) is 0 Å². The Balaban J connectivity index is 0.000000810. The zero-order valence-electron chi connectivity index (χ0n) is 4.85. The van der Waals surface area contributed by atoms with Crippen LogP contribution < -0.4 is 10.8 Å². The summed E-state index contributed by atoms with van der Waals surface area (Å²) in [5, 5.41) is 20.3. The predicted octanol–water partition coefficient (Wildman–Crippen LogP) is -2.49. The zero-order chi connectivity index (χ0) is 6.69. The van der Waals surface area contributed by atoms with E-state index >= 15 is 0 Å². The third kappa shape index (κ3) is 2.51. The number of nitrogens with zero attached hydrogens (tertiary/aromatic N) is 4. The van der Waals surface area contributed by atoms with Gasteiger partial charge in [0.05, 0.1) is 0 Å². The summed E-state index contributed by atoms with van der Waals surface area (Å²) in [6.45, 7) is 0. The molecule has 9 heteroatoms. The third-order valence-corrected chi connectivity index (χ3v) is 1.84. The molecule has 1 aromatic rings. The molecular formula is CH6AsN6O2+. The first-order valence-electron chi connectivity index (χ1n) is 1.95. The van der Waals surface area contributed by atoms with Gasteiger partial charge in [0.25, 0.3) is 0 Å². The number of rotatable bonds is 2. The standard InChI is InChI=1S/CH3AsN5O2.H3N/c8-7(9)2-1-3-5-6-4-1;/h2H,(H,8,9)(H,3,4,5,6);1H3/q+1;. The van der Waals surface area contributed by atoms with E-state index in [2.05, 4.69) is 20.6 Å². The first-order chi connectivity index (χ1) is 4.29. The van der Waals surface area contributed by atoms with Crippen LogP contribution in [0.25, 0.3) is 0 Å². The van der Waals surface area contributed by atoms with E-state index in [4.69, 9.17) is 5.21 Å². The average molecular weight is 209 g/mol.